The van der Waals surface area contributed by atoms with Crippen LogP contribution in [0.2, 0.25) is 0 Å². The molecule has 0 N–H and O–H groups in total. The van der Waals surface area contributed by atoms with Crippen LogP contribution in [0.1, 0.15) is 0 Å². The summed E-state index contributed by atoms with van der Waals surface area (Å²) < 4.78 is 4.76. The summed E-state index contributed by atoms with van der Waals surface area (Å²) in [6.07, 6.45) is 0. The molecule has 3 heterocycles. The van der Waals surface area contributed by atoms with Gasteiger partial charge in [-0.05, 0) is 87.0 Å². The van der Waals surface area contributed by atoms with Crippen LogP contribution in [0.4, 0.5) is 0 Å². The van der Waals surface area contributed by atoms with Crippen LogP contribution in [0, 0.1) is 0 Å². The molecular formula is C58H37N3S. The monoisotopic (exact) mass is 807 g/mol. The van der Waals surface area contributed by atoms with Crippen LogP contribution in [0.3, 0.4) is 0 Å². The van der Waals surface area contributed by atoms with Gasteiger partial charge in [-0.1, -0.05) is 182 Å². The van der Waals surface area contributed by atoms with E-state index in [1.165, 1.54) is 60.0 Å². The molecule has 0 amide bonds. The maximum absolute atomic E-state index is 5.28. The quantitative estimate of drug-likeness (QED) is 0.161. The van der Waals surface area contributed by atoms with E-state index in [2.05, 4.69) is 229 Å². The van der Waals surface area contributed by atoms with Crippen molar-refractivity contribution in [2.75, 3.05) is 0 Å². The van der Waals surface area contributed by atoms with Crippen molar-refractivity contribution < 1.29 is 0 Å². The van der Waals surface area contributed by atoms with E-state index in [4.69, 9.17) is 9.97 Å². The zero-order chi connectivity index (χ0) is 41.0. The zero-order valence-corrected chi connectivity index (χ0v) is 34.4. The summed E-state index contributed by atoms with van der Waals surface area (Å²) in [5.74, 6) is 0.716. The molecule has 0 bridgehead atoms. The summed E-state index contributed by atoms with van der Waals surface area (Å²) in [5.41, 5.74) is 17.0. The highest BCUT2D eigenvalue weighted by atomic mass is 32.1. The lowest BCUT2D eigenvalue weighted by Crippen LogP contribution is -1.97. The fourth-order valence-corrected chi connectivity index (χ4v) is 10.3. The van der Waals surface area contributed by atoms with Crippen molar-refractivity contribution in [2.45, 2.75) is 0 Å². The van der Waals surface area contributed by atoms with Gasteiger partial charge in [-0.3, -0.25) is 0 Å². The number of rotatable bonds is 7. The first-order chi connectivity index (χ1) is 30.7. The van der Waals surface area contributed by atoms with Gasteiger partial charge in [0.05, 0.1) is 26.9 Å². The molecule has 4 heteroatoms. The number of hydrogen-bond donors (Lipinski definition) is 0. The molecule has 12 rings (SSSR count). The van der Waals surface area contributed by atoms with Crippen LogP contribution in [0.5, 0.6) is 0 Å². The second-order valence-electron chi connectivity index (χ2n) is 15.7. The summed E-state index contributed by atoms with van der Waals surface area (Å²) in [6.45, 7) is 0. The number of fused-ring (bicyclic) bond motifs is 6. The first-order valence-electron chi connectivity index (χ1n) is 21.0. The highest BCUT2D eigenvalue weighted by Crippen LogP contribution is 2.42. The van der Waals surface area contributed by atoms with Gasteiger partial charge in [-0.2, -0.15) is 0 Å². The molecule has 0 aliphatic heterocycles. The van der Waals surface area contributed by atoms with Crippen molar-refractivity contribution in [3.05, 3.63) is 224 Å². The standard InChI is InChI=1S/C58H37N3S/c1-4-16-38(17-5-1)45-22-10-12-24-47(45)42-30-34-49-50-35-31-43(48-25-13-11-23-46(48)39-18-6-2-7-19-39)37-53(50)61(52(49)36-42)44-32-28-41(29-33-44)58-59-55(40-20-8-3-9-21-40)57-56(60-58)51-26-14-15-27-54(51)62-57/h1-37H. The summed E-state index contributed by atoms with van der Waals surface area (Å²) in [6, 6.07) is 80.5. The van der Waals surface area contributed by atoms with Gasteiger partial charge in [0.25, 0.3) is 0 Å². The highest BCUT2D eigenvalue weighted by molar-refractivity contribution is 7.26. The molecule has 3 nitrogen and oxygen atoms in total. The van der Waals surface area contributed by atoms with Crippen LogP contribution in [-0.4, -0.2) is 14.5 Å². The minimum absolute atomic E-state index is 0.716. The molecule has 0 saturated heterocycles. The Balaban J connectivity index is 1.06. The number of benzene rings is 9. The first-order valence-corrected chi connectivity index (χ1v) is 21.8. The van der Waals surface area contributed by atoms with Gasteiger partial charge in [0.1, 0.15) is 0 Å². The van der Waals surface area contributed by atoms with E-state index in [9.17, 15) is 0 Å². The number of thiophene rings is 1. The Bertz CT molecular complexity index is 3470. The maximum Gasteiger partial charge on any atom is 0.160 e. The Labute approximate surface area is 363 Å². The number of nitrogens with zero attached hydrogens (tertiary/aromatic N) is 3. The van der Waals surface area contributed by atoms with Crippen LogP contribution in [0.25, 0.3) is 115 Å². The highest BCUT2D eigenvalue weighted by Gasteiger charge is 2.19. The van der Waals surface area contributed by atoms with Crippen molar-refractivity contribution >= 4 is 53.4 Å². The molecule has 290 valence electrons. The first kappa shape index (κ1) is 36.0. The normalized spacial score (nSPS) is 11.5. The van der Waals surface area contributed by atoms with Crippen LogP contribution in [0.15, 0.2) is 224 Å². The molecule has 0 spiro atoms. The number of aromatic nitrogens is 3. The van der Waals surface area contributed by atoms with E-state index in [1.54, 1.807) is 11.3 Å². The lowest BCUT2D eigenvalue weighted by atomic mass is 9.93. The molecule has 3 aromatic heterocycles. The van der Waals surface area contributed by atoms with Gasteiger partial charge in [0.2, 0.25) is 0 Å². The third-order valence-electron chi connectivity index (χ3n) is 12.1. The molecule has 12 aromatic rings. The van der Waals surface area contributed by atoms with Gasteiger partial charge in [0.15, 0.2) is 5.82 Å². The lowest BCUT2D eigenvalue weighted by molar-refractivity contribution is 1.17. The van der Waals surface area contributed by atoms with E-state index in [1.807, 2.05) is 0 Å². The van der Waals surface area contributed by atoms with E-state index < -0.39 is 0 Å². The Morgan fingerprint density at radius 3 is 1.34 bits per heavy atom. The largest absolute Gasteiger partial charge is 0.309 e. The third-order valence-corrected chi connectivity index (χ3v) is 13.2. The molecule has 0 aliphatic carbocycles. The maximum atomic E-state index is 5.28. The Morgan fingerprint density at radius 2 is 0.790 bits per heavy atom. The second-order valence-corrected chi connectivity index (χ2v) is 16.8. The Kier molecular flexibility index (Phi) is 8.68. The van der Waals surface area contributed by atoms with Crippen LogP contribution in [-0.2, 0) is 0 Å². The van der Waals surface area contributed by atoms with Crippen LogP contribution < -0.4 is 0 Å². The van der Waals surface area contributed by atoms with Crippen molar-refractivity contribution in [1.29, 1.82) is 0 Å². The van der Waals surface area contributed by atoms with Gasteiger partial charge >= 0.3 is 0 Å². The van der Waals surface area contributed by atoms with Crippen molar-refractivity contribution in [2.24, 2.45) is 0 Å². The third kappa shape index (κ3) is 6.11. The minimum Gasteiger partial charge on any atom is -0.309 e. The van der Waals surface area contributed by atoms with E-state index >= 15 is 0 Å². The topological polar surface area (TPSA) is 30.7 Å². The fourth-order valence-electron chi connectivity index (χ4n) is 9.11. The number of hydrogen-bond acceptors (Lipinski definition) is 3. The summed E-state index contributed by atoms with van der Waals surface area (Å²) >= 11 is 1.76. The van der Waals surface area contributed by atoms with E-state index in [-0.39, 0.29) is 0 Å². The summed E-state index contributed by atoms with van der Waals surface area (Å²) in [4.78, 5) is 10.5. The molecule has 0 aliphatic rings. The van der Waals surface area contributed by atoms with Gasteiger partial charge in [-0.25, -0.2) is 9.97 Å². The molecule has 62 heavy (non-hydrogen) atoms. The Hall–Kier alpha value is -7.92. The van der Waals surface area contributed by atoms with Gasteiger partial charge in [0, 0.05) is 37.7 Å². The zero-order valence-electron chi connectivity index (χ0n) is 33.6. The van der Waals surface area contributed by atoms with E-state index in [0.717, 1.165) is 49.1 Å². The Morgan fingerprint density at radius 1 is 0.339 bits per heavy atom. The molecule has 0 unspecified atom stereocenters. The summed E-state index contributed by atoms with van der Waals surface area (Å²) in [5, 5.41) is 3.57. The van der Waals surface area contributed by atoms with Crippen molar-refractivity contribution in [1.82, 2.24) is 14.5 Å². The molecule has 0 radical (unpaired) electrons. The van der Waals surface area contributed by atoms with Crippen LogP contribution >= 0.6 is 11.3 Å². The molecular weight excluding hydrogens is 771 g/mol. The van der Waals surface area contributed by atoms with E-state index in [0.29, 0.717) is 5.82 Å². The summed E-state index contributed by atoms with van der Waals surface area (Å²) in [7, 11) is 0. The lowest BCUT2D eigenvalue weighted by Gasteiger charge is -2.13. The smallest absolute Gasteiger partial charge is 0.160 e. The SMILES string of the molecule is c1ccc(-c2ccccc2-c2ccc3c4ccc(-c5ccccc5-c5ccccc5)cc4n(-c4ccc(-c5nc(-c6ccccc6)c6sc7ccccc7c6n5)cc4)c3c2)cc1. The van der Waals surface area contributed by atoms with Gasteiger partial charge < -0.3 is 4.57 Å². The predicted octanol–water partition coefficient (Wildman–Crippen LogP) is 15.9. The second kappa shape index (κ2) is 15.0. The average Bonchev–Trinajstić information content (AvgIpc) is 3.89. The molecule has 0 fully saturated rings. The van der Waals surface area contributed by atoms with Crippen molar-refractivity contribution in [3.8, 4) is 72.8 Å². The molecule has 9 aromatic carbocycles. The van der Waals surface area contributed by atoms with Crippen molar-refractivity contribution in [3.63, 3.8) is 0 Å². The average molecular weight is 808 g/mol. The minimum atomic E-state index is 0.716. The fraction of sp³-hybridized carbons (Fsp3) is 0. The van der Waals surface area contributed by atoms with Gasteiger partial charge in [-0.15, -0.1) is 11.3 Å². The molecule has 0 saturated carbocycles. The molecule has 0 atom stereocenters. The predicted molar refractivity (Wildman–Crippen MR) is 262 cm³/mol.